The van der Waals surface area contributed by atoms with Crippen molar-refractivity contribution in [3.63, 3.8) is 0 Å². The van der Waals surface area contributed by atoms with Gasteiger partial charge < -0.3 is 9.47 Å². The second-order valence-corrected chi connectivity index (χ2v) is 4.38. The minimum atomic E-state index is -0.417. The first-order valence-corrected chi connectivity index (χ1v) is 6.21. The maximum absolute atomic E-state index is 12.0. The molecule has 18 heavy (non-hydrogen) atoms. The van der Waals surface area contributed by atoms with Crippen LogP contribution in [0.1, 0.15) is 42.5 Å². The summed E-state index contributed by atoms with van der Waals surface area (Å²) in [6.07, 6.45) is 5.24. The van der Waals surface area contributed by atoms with E-state index in [0.29, 0.717) is 12.0 Å². The van der Waals surface area contributed by atoms with E-state index < -0.39 is 5.97 Å². The molecule has 0 N–H and O–H groups in total. The van der Waals surface area contributed by atoms with Crippen molar-refractivity contribution in [1.82, 2.24) is 0 Å². The van der Waals surface area contributed by atoms with Gasteiger partial charge in [0.2, 0.25) is 0 Å². The Hall–Kier alpha value is -1.84. The third-order valence-corrected chi connectivity index (χ3v) is 3.11. The molecule has 0 bridgehead atoms. The lowest BCUT2D eigenvalue weighted by molar-refractivity contribution is -0.120. The van der Waals surface area contributed by atoms with Crippen molar-refractivity contribution in [2.24, 2.45) is 0 Å². The Kier molecular flexibility index (Phi) is 4.34. The van der Waals surface area contributed by atoms with Crippen molar-refractivity contribution in [3.8, 4) is 5.75 Å². The van der Waals surface area contributed by atoms with Crippen LogP contribution in [0.15, 0.2) is 24.3 Å². The number of benzene rings is 1. The largest absolute Gasteiger partial charge is 0.459 e. The summed E-state index contributed by atoms with van der Waals surface area (Å²) in [5.74, 6) is -0.173. The van der Waals surface area contributed by atoms with E-state index in [2.05, 4.69) is 0 Å². The summed E-state index contributed by atoms with van der Waals surface area (Å²) in [5, 5.41) is 0. The predicted octanol–water partition coefficient (Wildman–Crippen LogP) is 2.71. The molecule has 0 aliphatic heterocycles. The lowest BCUT2D eigenvalue weighted by atomic mass is 9.98. The fourth-order valence-electron chi connectivity index (χ4n) is 2.19. The molecule has 1 fully saturated rings. The maximum atomic E-state index is 12.0. The zero-order chi connectivity index (χ0) is 12.8. The van der Waals surface area contributed by atoms with Crippen LogP contribution in [0.25, 0.3) is 0 Å². The molecule has 0 spiro atoms. The molecule has 0 aromatic heterocycles. The van der Waals surface area contributed by atoms with E-state index in [1.807, 2.05) is 0 Å². The highest BCUT2D eigenvalue weighted by Gasteiger charge is 2.20. The number of ether oxygens (including phenoxy) is 2. The first-order valence-electron chi connectivity index (χ1n) is 6.21. The second kappa shape index (κ2) is 6.19. The van der Waals surface area contributed by atoms with Crippen LogP contribution in [0.3, 0.4) is 0 Å². The maximum Gasteiger partial charge on any atom is 0.342 e. The molecule has 1 aliphatic carbocycles. The van der Waals surface area contributed by atoms with Gasteiger partial charge in [-0.15, -0.1) is 0 Å². The number of hydrogen-bond acceptors (Lipinski definition) is 4. The molecule has 4 heteroatoms. The van der Waals surface area contributed by atoms with E-state index in [9.17, 15) is 9.59 Å². The summed E-state index contributed by atoms with van der Waals surface area (Å²) < 4.78 is 10.2. The van der Waals surface area contributed by atoms with Gasteiger partial charge in [0, 0.05) is 0 Å². The lowest BCUT2D eigenvalue weighted by Crippen LogP contribution is -2.21. The Bertz CT molecular complexity index is 422. The summed E-state index contributed by atoms with van der Waals surface area (Å²) in [7, 11) is 0. The fourth-order valence-corrected chi connectivity index (χ4v) is 2.19. The van der Waals surface area contributed by atoms with Gasteiger partial charge in [0.25, 0.3) is 6.47 Å². The van der Waals surface area contributed by atoms with Gasteiger partial charge in [-0.05, 0) is 37.8 Å². The fraction of sp³-hybridized carbons (Fsp3) is 0.429. The molecule has 0 radical (unpaired) electrons. The van der Waals surface area contributed by atoms with Crippen molar-refractivity contribution in [3.05, 3.63) is 29.8 Å². The summed E-state index contributed by atoms with van der Waals surface area (Å²) in [6, 6.07) is 6.60. The molecule has 1 aromatic rings. The van der Waals surface area contributed by atoms with E-state index in [4.69, 9.17) is 9.47 Å². The minimum absolute atomic E-state index is 0.00413. The molecule has 0 heterocycles. The van der Waals surface area contributed by atoms with E-state index in [1.54, 1.807) is 24.3 Å². The van der Waals surface area contributed by atoms with Gasteiger partial charge in [0.05, 0.1) is 0 Å². The third kappa shape index (κ3) is 3.09. The average Bonchev–Trinajstić information content (AvgIpc) is 2.41. The molecule has 0 amide bonds. The van der Waals surface area contributed by atoms with Crippen molar-refractivity contribution in [2.45, 2.75) is 38.2 Å². The van der Waals surface area contributed by atoms with E-state index in [0.717, 1.165) is 25.7 Å². The smallest absolute Gasteiger partial charge is 0.342 e. The first-order chi connectivity index (χ1) is 8.81. The van der Waals surface area contributed by atoms with Gasteiger partial charge >= 0.3 is 5.97 Å². The number of hydrogen-bond donors (Lipinski definition) is 0. The first kappa shape index (κ1) is 12.6. The third-order valence-electron chi connectivity index (χ3n) is 3.11. The van der Waals surface area contributed by atoms with Crippen LogP contribution in [-0.4, -0.2) is 18.5 Å². The Morgan fingerprint density at radius 3 is 2.61 bits per heavy atom. The van der Waals surface area contributed by atoms with Crippen LogP contribution in [0.5, 0.6) is 5.75 Å². The zero-order valence-corrected chi connectivity index (χ0v) is 10.1. The van der Waals surface area contributed by atoms with Crippen LogP contribution in [0, 0.1) is 0 Å². The Balaban J connectivity index is 2.05. The molecule has 2 rings (SSSR count). The van der Waals surface area contributed by atoms with Crippen LogP contribution < -0.4 is 4.74 Å². The van der Waals surface area contributed by atoms with Gasteiger partial charge in [0.1, 0.15) is 17.4 Å². The van der Waals surface area contributed by atoms with Crippen molar-refractivity contribution in [2.75, 3.05) is 0 Å². The number of rotatable bonds is 4. The summed E-state index contributed by atoms with van der Waals surface area (Å²) >= 11 is 0. The molecule has 1 saturated carbocycles. The SMILES string of the molecule is O=COc1ccccc1C(=O)OC1CCCCC1. The Morgan fingerprint density at radius 1 is 1.17 bits per heavy atom. The van der Waals surface area contributed by atoms with Crippen molar-refractivity contribution >= 4 is 12.4 Å². The quantitative estimate of drug-likeness (QED) is 0.607. The number of carbonyl (C=O) groups is 2. The molecule has 96 valence electrons. The minimum Gasteiger partial charge on any atom is -0.459 e. The molecular weight excluding hydrogens is 232 g/mol. The molecule has 0 unspecified atom stereocenters. The highest BCUT2D eigenvalue weighted by molar-refractivity contribution is 5.93. The standard InChI is InChI=1S/C14H16O4/c15-10-17-13-9-5-4-8-12(13)14(16)18-11-6-2-1-3-7-11/h4-5,8-11H,1-3,6-7H2. The molecule has 1 aliphatic rings. The second-order valence-electron chi connectivity index (χ2n) is 4.38. The molecule has 0 atom stereocenters. The number of carbonyl (C=O) groups excluding carboxylic acids is 2. The zero-order valence-electron chi connectivity index (χ0n) is 10.1. The van der Waals surface area contributed by atoms with Crippen molar-refractivity contribution < 1.29 is 19.1 Å². The van der Waals surface area contributed by atoms with Crippen LogP contribution in [-0.2, 0) is 9.53 Å². The van der Waals surface area contributed by atoms with Crippen molar-refractivity contribution in [1.29, 1.82) is 0 Å². The van der Waals surface area contributed by atoms with Gasteiger partial charge in [-0.1, -0.05) is 18.6 Å². The average molecular weight is 248 g/mol. The molecule has 0 saturated heterocycles. The van der Waals surface area contributed by atoms with Gasteiger partial charge in [0.15, 0.2) is 0 Å². The number of esters is 1. The van der Waals surface area contributed by atoms with Crippen LogP contribution in [0.4, 0.5) is 0 Å². The van der Waals surface area contributed by atoms with Crippen LogP contribution >= 0.6 is 0 Å². The lowest BCUT2D eigenvalue weighted by Gasteiger charge is -2.22. The summed E-state index contributed by atoms with van der Waals surface area (Å²) in [5.41, 5.74) is 0.301. The molecule has 1 aromatic carbocycles. The normalized spacial score (nSPS) is 16.0. The Morgan fingerprint density at radius 2 is 1.89 bits per heavy atom. The van der Waals surface area contributed by atoms with Gasteiger partial charge in [-0.25, -0.2) is 4.79 Å². The summed E-state index contributed by atoms with van der Waals surface area (Å²) in [6.45, 7) is 0.312. The van der Waals surface area contributed by atoms with Gasteiger partial charge in [-0.2, -0.15) is 0 Å². The number of para-hydroxylation sites is 1. The highest BCUT2D eigenvalue weighted by atomic mass is 16.5. The van der Waals surface area contributed by atoms with E-state index in [-0.39, 0.29) is 11.9 Å². The van der Waals surface area contributed by atoms with Crippen LogP contribution in [0.2, 0.25) is 0 Å². The Labute approximate surface area is 106 Å². The topological polar surface area (TPSA) is 52.6 Å². The van der Waals surface area contributed by atoms with Gasteiger partial charge in [-0.3, -0.25) is 4.79 Å². The summed E-state index contributed by atoms with van der Waals surface area (Å²) in [4.78, 5) is 22.4. The predicted molar refractivity (Wildman–Crippen MR) is 65.4 cm³/mol. The molecule has 4 nitrogen and oxygen atoms in total. The van der Waals surface area contributed by atoms with E-state index >= 15 is 0 Å². The highest BCUT2D eigenvalue weighted by Crippen LogP contribution is 2.24. The monoisotopic (exact) mass is 248 g/mol. The van der Waals surface area contributed by atoms with E-state index in [1.165, 1.54) is 6.42 Å². The molecular formula is C14H16O4.